The first-order chi connectivity index (χ1) is 7.34. The SMILES string of the molecule is Cn1ccc(C2(O)CCCC2S(C)(=O)=O)n1. The fourth-order valence-electron chi connectivity index (χ4n) is 2.46. The molecular formula is C10H16N2O3S. The highest BCUT2D eigenvalue weighted by Gasteiger charge is 2.49. The quantitative estimate of drug-likeness (QED) is 0.807. The third-order valence-corrected chi connectivity index (χ3v) is 4.89. The lowest BCUT2D eigenvalue weighted by atomic mass is 9.98. The van der Waals surface area contributed by atoms with Gasteiger partial charge in [0, 0.05) is 19.5 Å². The van der Waals surface area contributed by atoms with Gasteiger partial charge in [0.25, 0.3) is 0 Å². The van der Waals surface area contributed by atoms with Gasteiger partial charge in [-0.3, -0.25) is 4.68 Å². The highest BCUT2D eigenvalue weighted by atomic mass is 32.2. The van der Waals surface area contributed by atoms with Crippen molar-refractivity contribution in [3.05, 3.63) is 18.0 Å². The van der Waals surface area contributed by atoms with Crippen LogP contribution in [0.1, 0.15) is 25.0 Å². The minimum absolute atomic E-state index is 0.460. The Bertz CT molecular complexity index is 494. The number of aryl methyl sites for hydroxylation is 1. The van der Waals surface area contributed by atoms with Crippen molar-refractivity contribution in [2.24, 2.45) is 7.05 Å². The molecule has 1 fully saturated rings. The lowest BCUT2D eigenvalue weighted by Gasteiger charge is -2.26. The number of hydrogen-bond acceptors (Lipinski definition) is 4. The summed E-state index contributed by atoms with van der Waals surface area (Å²) in [4.78, 5) is 0. The third kappa shape index (κ3) is 1.76. The van der Waals surface area contributed by atoms with E-state index in [1.807, 2.05) is 0 Å². The molecule has 0 amide bonds. The predicted molar refractivity (Wildman–Crippen MR) is 59.6 cm³/mol. The molecular weight excluding hydrogens is 228 g/mol. The Morgan fingerprint density at radius 2 is 2.31 bits per heavy atom. The average Bonchev–Trinajstić information content (AvgIpc) is 2.71. The molecule has 0 bridgehead atoms. The van der Waals surface area contributed by atoms with Crippen LogP contribution in [0.5, 0.6) is 0 Å². The van der Waals surface area contributed by atoms with E-state index in [9.17, 15) is 13.5 Å². The minimum Gasteiger partial charge on any atom is -0.382 e. The summed E-state index contributed by atoms with van der Waals surface area (Å²) in [7, 11) is -1.50. The molecule has 6 heteroatoms. The number of hydrogen-bond donors (Lipinski definition) is 1. The van der Waals surface area contributed by atoms with Crippen LogP contribution in [-0.4, -0.2) is 34.8 Å². The van der Waals surface area contributed by atoms with E-state index in [-0.39, 0.29) is 0 Å². The second kappa shape index (κ2) is 3.56. The molecule has 0 spiro atoms. The molecule has 0 aliphatic heterocycles. The van der Waals surface area contributed by atoms with E-state index in [2.05, 4.69) is 5.10 Å². The summed E-state index contributed by atoms with van der Waals surface area (Å²) in [5.41, 5.74) is -0.850. The van der Waals surface area contributed by atoms with E-state index in [1.165, 1.54) is 6.26 Å². The minimum atomic E-state index is -3.25. The van der Waals surface area contributed by atoms with Crippen LogP contribution < -0.4 is 0 Å². The zero-order valence-corrected chi connectivity index (χ0v) is 10.2. The average molecular weight is 244 g/mol. The molecule has 0 radical (unpaired) electrons. The molecule has 16 heavy (non-hydrogen) atoms. The first kappa shape index (κ1) is 11.6. The van der Waals surface area contributed by atoms with Crippen LogP contribution in [0.4, 0.5) is 0 Å². The van der Waals surface area contributed by atoms with Crippen molar-refractivity contribution < 1.29 is 13.5 Å². The van der Waals surface area contributed by atoms with E-state index in [1.54, 1.807) is 24.0 Å². The van der Waals surface area contributed by atoms with Crippen molar-refractivity contribution in [2.45, 2.75) is 30.1 Å². The van der Waals surface area contributed by atoms with Gasteiger partial charge in [-0.1, -0.05) is 0 Å². The first-order valence-electron chi connectivity index (χ1n) is 5.25. The zero-order valence-electron chi connectivity index (χ0n) is 9.42. The Labute approximate surface area is 95.0 Å². The number of aliphatic hydroxyl groups is 1. The van der Waals surface area contributed by atoms with Gasteiger partial charge in [0.15, 0.2) is 9.84 Å². The van der Waals surface area contributed by atoms with Gasteiger partial charge < -0.3 is 5.11 Å². The fourth-order valence-corrected chi connectivity index (χ4v) is 4.01. The molecule has 1 N–H and O–H groups in total. The predicted octanol–water partition coefficient (Wildman–Crippen LogP) is 0.205. The molecule has 1 saturated carbocycles. The van der Waals surface area contributed by atoms with Crippen LogP contribution in [0.2, 0.25) is 0 Å². The van der Waals surface area contributed by atoms with E-state index in [0.717, 1.165) is 0 Å². The maximum absolute atomic E-state index is 11.6. The maximum atomic E-state index is 11.6. The molecule has 2 atom stereocenters. The van der Waals surface area contributed by atoms with Gasteiger partial charge in [-0.25, -0.2) is 8.42 Å². The maximum Gasteiger partial charge on any atom is 0.153 e. The second-order valence-corrected chi connectivity index (χ2v) is 6.74. The summed E-state index contributed by atoms with van der Waals surface area (Å²) < 4.78 is 24.8. The molecule has 0 saturated heterocycles. The van der Waals surface area contributed by atoms with Crippen LogP contribution in [0.15, 0.2) is 12.3 Å². The van der Waals surface area contributed by atoms with Gasteiger partial charge in [-0.2, -0.15) is 5.10 Å². The Morgan fingerprint density at radius 1 is 1.62 bits per heavy atom. The Balaban J connectivity index is 2.44. The highest BCUT2D eigenvalue weighted by Crippen LogP contribution is 2.41. The Hall–Kier alpha value is -0.880. The number of sulfone groups is 1. The number of aromatic nitrogens is 2. The summed E-state index contributed by atoms with van der Waals surface area (Å²) >= 11 is 0. The molecule has 2 unspecified atom stereocenters. The number of rotatable bonds is 2. The van der Waals surface area contributed by atoms with Crippen LogP contribution in [0.3, 0.4) is 0 Å². The Morgan fingerprint density at radius 3 is 2.81 bits per heavy atom. The molecule has 1 heterocycles. The van der Waals surface area contributed by atoms with Crippen LogP contribution in [0.25, 0.3) is 0 Å². The van der Waals surface area contributed by atoms with E-state index in [4.69, 9.17) is 0 Å². The summed E-state index contributed by atoms with van der Waals surface area (Å²) in [6, 6.07) is 1.68. The summed E-state index contributed by atoms with van der Waals surface area (Å²) in [6.07, 6.45) is 4.57. The first-order valence-corrected chi connectivity index (χ1v) is 7.21. The lowest BCUT2D eigenvalue weighted by molar-refractivity contribution is 0.0426. The van der Waals surface area contributed by atoms with Crippen LogP contribution >= 0.6 is 0 Å². The van der Waals surface area contributed by atoms with Crippen molar-refractivity contribution >= 4 is 9.84 Å². The molecule has 2 rings (SSSR count). The molecule has 1 aliphatic carbocycles. The van der Waals surface area contributed by atoms with Crippen molar-refractivity contribution in [1.29, 1.82) is 0 Å². The molecule has 5 nitrogen and oxygen atoms in total. The molecule has 1 aliphatic rings. The van der Waals surface area contributed by atoms with Crippen LogP contribution in [0, 0.1) is 0 Å². The topological polar surface area (TPSA) is 72.2 Å². The highest BCUT2D eigenvalue weighted by molar-refractivity contribution is 7.91. The van der Waals surface area contributed by atoms with E-state index < -0.39 is 20.7 Å². The second-order valence-electron chi connectivity index (χ2n) is 4.51. The van der Waals surface area contributed by atoms with Gasteiger partial charge in [0.1, 0.15) is 5.60 Å². The van der Waals surface area contributed by atoms with Gasteiger partial charge in [0.2, 0.25) is 0 Å². The van der Waals surface area contributed by atoms with Crippen molar-refractivity contribution in [1.82, 2.24) is 9.78 Å². The van der Waals surface area contributed by atoms with E-state index >= 15 is 0 Å². The van der Waals surface area contributed by atoms with Crippen molar-refractivity contribution in [3.63, 3.8) is 0 Å². The normalized spacial score (nSPS) is 30.8. The Kier molecular flexibility index (Phi) is 2.58. The summed E-state index contributed by atoms with van der Waals surface area (Å²) in [5, 5.41) is 13.9. The standard InChI is InChI=1S/C10H16N2O3S/c1-12-7-5-8(11-12)10(13)6-3-4-9(10)16(2,14)15/h5,7,9,13H,3-4,6H2,1-2H3. The molecule has 0 aromatic carbocycles. The third-order valence-electron chi connectivity index (χ3n) is 3.23. The largest absolute Gasteiger partial charge is 0.382 e. The van der Waals surface area contributed by atoms with Gasteiger partial charge in [-0.05, 0) is 25.3 Å². The van der Waals surface area contributed by atoms with Gasteiger partial charge in [0.05, 0.1) is 10.9 Å². The smallest absolute Gasteiger partial charge is 0.153 e. The monoisotopic (exact) mass is 244 g/mol. The van der Waals surface area contributed by atoms with Gasteiger partial charge in [-0.15, -0.1) is 0 Å². The zero-order chi connectivity index (χ0) is 12.0. The number of nitrogens with zero attached hydrogens (tertiary/aromatic N) is 2. The van der Waals surface area contributed by atoms with Crippen molar-refractivity contribution in [2.75, 3.05) is 6.26 Å². The molecule has 1 aromatic rings. The van der Waals surface area contributed by atoms with Crippen molar-refractivity contribution in [3.8, 4) is 0 Å². The summed E-state index contributed by atoms with van der Waals surface area (Å²) in [5.74, 6) is 0. The molecule has 90 valence electrons. The van der Waals surface area contributed by atoms with Crippen LogP contribution in [-0.2, 0) is 22.5 Å². The van der Waals surface area contributed by atoms with Gasteiger partial charge >= 0.3 is 0 Å². The lowest BCUT2D eigenvalue weighted by Crippen LogP contribution is -2.40. The fraction of sp³-hybridized carbons (Fsp3) is 0.700. The van der Waals surface area contributed by atoms with E-state index in [0.29, 0.717) is 25.0 Å². The summed E-state index contributed by atoms with van der Waals surface area (Å²) in [6.45, 7) is 0. The molecule has 1 aromatic heterocycles.